The molecule has 1 amide bonds. The van der Waals surface area contributed by atoms with E-state index < -0.39 is 5.54 Å². The van der Waals surface area contributed by atoms with Gasteiger partial charge in [0, 0.05) is 11.9 Å². The normalized spacial score (nSPS) is 14.4. The summed E-state index contributed by atoms with van der Waals surface area (Å²) >= 11 is 0. The molecule has 0 spiro atoms. The third kappa shape index (κ3) is 2.82. The van der Waals surface area contributed by atoms with Crippen molar-refractivity contribution in [1.82, 2.24) is 10.5 Å². The van der Waals surface area contributed by atoms with Gasteiger partial charge in [0.05, 0.1) is 12.0 Å². The van der Waals surface area contributed by atoms with Gasteiger partial charge in [-0.05, 0) is 25.0 Å². The number of amides is 1. The molecule has 0 saturated heterocycles. The minimum absolute atomic E-state index is 0.0919. The Morgan fingerprint density at radius 2 is 2.15 bits per heavy atom. The van der Waals surface area contributed by atoms with E-state index in [0.717, 1.165) is 5.39 Å². The summed E-state index contributed by atoms with van der Waals surface area (Å²) in [7, 11) is 0. The van der Waals surface area contributed by atoms with Gasteiger partial charge >= 0.3 is 0 Å². The number of carbonyl (C=O) groups excluding carboxylic acids is 1. The molecular formula is C15H21N3O2. The van der Waals surface area contributed by atoms with Crippen molar-refractivity contribution < 1.29 is 9.32 Å². The Morgan fingerprint density at radius 1 is 1.45 bits per heavy atom. The second-order valence-electron chi connectivity index (χ2n) is 5.63. The summed E-state index contributed by atoms with van der Waals surface area (Å²) in [5.74, 6) is 0.163. The first-order valence-electron chi connectivity index (χ1n) is 6.80. The van der Waals surface area contributed by atoms with Crippen LogP contribution in [0.3, 0.4) is 0 Å². The number of nitrogens with zero attached hydrogens (tertiary/aromatic N) is 1. The van der Waals surface area contributed by atoms with Crippen LogP contribution >= 0.6 is 0 Å². The molecule has 1 aromatic carbocycles. The fraction of sp³-hybridized carbons (Fsp3) is 0.467. The van der Waals surface area contributed by atoms with E-state index in [4.69, 9.17) is 10.3 Å². The summed E-state index contributed by atoms with van der Waals surface area (Å²) in [6.07, 6.45) is 0.194. The first kappa shape index (κ1) is 14.5. The molecule has 0 aliphatic carbocycles. The number of benzene rings is 1. The monoisotopic (exact) mass is 275 g/mol. The molecule has 3 N–H and O–H groups in total. The van der Waals surface area contributed by atoms with Crippen LogP contribution < -0.4 is 11.1 Å². The molecule has 0 radical (unpaired) electrons. The van der Waals surface area contributed by atoms with Gasteiger partial charge in [0.2, 0.25) is 5.91 Å². The van der Waals surface area contributed by atoms with Crippen LogP contribution in [0.25, 0.3) is 11.0 Å². The van der Waals surface area contributed by atoms with Gasteiger partial charge < -0.3 is 15.6 Å². The molecule has 5 nitrogen and oxygen atoms in total. The zero-order valence-corrected chi connectivity index (χ0v) is 12.1. The highest BCUT2D eigenvalue weighted by Gasteiger charge is 2.28. The quantitative estimate of drug-likeness (QED) is 0.872. The van der Waals surface area contributed by atoms with Crippen LogP contribution in [0.2, 0.25) is 0 Å². The zero-order chi connectivity index (χ0) is 14.8. The molecule has 0 aliphatic rings. The van der Waals surface area contributed by atoms with Crippen molar-refractivity contribution >= 4 is 16.9 Å². The number of para-hydroxylation sites is 1. The smallest absolute Gasteiger partial charge is 0.226 e. The van der Waals surface area contributed by atoms with Crippen molar-refractivity contribution in [3.8, 4) is 0 Å². The summed E-state index contributed by atoms with van der Waals surface area (Å²) in [5.41, 5.74) is 6.71. The molecule has 1 unspecified atom stereocenters. The van der Waals surface area contributed by atoms with Gasteiger partial charge in [-0.2, -0.15) is 0 Å². The molecule has 5 heteroatoms. The van der Waals surface area contributed by atoms with Gasteiger partial charge in [-0.15, -0.1) is 0 Å². The lowest BCUT2D eigenvalue weighted by molar-refractivity contribution is -0.122. The molecule has 2 aromatic rings. The highest BCUT2D eigenvalue weighted by molar-refractivity contribution is 5.86. The lowest BCUT2D eigenvalue weighted by atomic mass is 9.88. The molecule has 2 rings (SSSR count). The van der Waals surface area contributed by atoms with E-state index in [-0.39, 0.29) is 18.2 Å². The first-order chi connectivity index (χ1) is 9.46. The van der Waals surface area contributed by atoms with E-state index in [0.29, 0.717) is 17.8 Å². The molecule has 1 aromatic heterocycles. The number of fused-ring (bicyclic) bond motifs is 1. The molecule has 0 saturated carbocycles. The van der Waals surface area contributed by atoms with Crippen molar-refractivity contribution in [1.29, 1.82) is 0 Å². The Kier molecular flexibility index (Phi) is 4.09. The summed E-state index contributed by atoms with van der Waals surface area (Å²) in [5, 5.41) is 7.85. The average molecular weight is 275 g/mol. The van der Waals surface area contributed by atoms with Crippen LogP contribution in [0.15, 0.2) is 28.8 Å². The van der Waals surface area contributed by atoms with Crippen LogP contribution in [0, 0.1) is 5.92 Å². The maximum absolute atomic E-state index is 12.2. The van der Waals surface area contributed by atoms with Gasteiger partial charge in [-0.3, -0.25) is 4.79 Å². The number of nitrogens with two attached hydrogens (primary N) is 1. The molecular weight excluding hydrogens is 254 g/mol. The van der Waals surface area contributed by atoms with Crippen LogP contribution in [0.4, 0.5) is 0 Å². The maximum Gasteiger partial charge on any atom is 0.226 e. The van der Waals surface area contributed by atoms with E-state index in [1.54, 1.807) is 0 Å². The summed E-state index contributed by atoms with van der Waals surface area (Å²) in [6, 6.07) is 7.52. The SMILES string of the molecule is CC(C)C(C)(CN)NC(=O)Cc1noc2ccccc12. The predicted octanol–water partition coefficient (Wildman–Crippen LogP) is 1.86. The molecule has 0 aliphatic heterocycles. The fourth-order valence-corrected chi connectivity index (χ4v) is 2.01. The van der Waals surface area contributed by atoms with Crippen molar-refractivity contribution in [2.75, 3.05) is 6.54 Å². The lowest BCUT2D eigenvalue weighted by Crippen LogP contribution is -2.55. The zero-order valence-electron chi connectivity index (χ0n) is 12.1. The van der Waals surface area contributed by atoms with Crippen molar-refractivity contribution in [3.05, 3.63) is 30.0 Å². The van der Waals surface area contributed by atoms with E-state index in [2.05, 4.69) is 10.5 Å². The number of rotatable bonds is 5. The molecule has 0 bridgehead atoms. The number of carbonyl (C=O) groups is 1. The Labute approximate surface area is 118 Å². The number of aromatic nitrogens is 1. The second kappa shape index (κ2) is 5.63. The number of hydrogen-bond donors (Lipinski definition) is 2. The molecule has 108 valence electrons. The summed E-state index contributed by atoms with van der Waals surface area (Å²) in [6.45, 7) is 6.43. The maximum atomic E-state index is 12.2. The van der Waals surface area contributed by atoms with Crippen molar-refractivity contribution in [2.45, 2.75) is 32.7 Å². The Bertz CT molecular complexity index is 606. The van der Waals surface area contributed by atoms with Crippen LogP contribution in [-0.2, 0) is 11.2 Å². The van der Waals surface area contributed by atoms with E-state index >= 15 is 0 Å². The van der Waals surface area contributed by atoms with Gasteiger partial charge in [-0.1, -0.05) is 31.1 Å². The third-order valence-electron chi connectivity index (χ3n) is 3.90. The highest BCUT2D eigenvalue weighted by atomic mass is 16.5. The third-order valence-corrected chi connectivity index (χ3v) is 3.90. The Morgan fingerprint density at radius 3 is 2.80 bits per heavy atom. The molecule has 1 heterocycles. The fourth-order valence-electron chi connectivity index (χ4n) is 2.01. The minimum atomic E-state index is -0.406. The van der Waals surface area contributed by atoms with E-state index in [1.165, 1.54) is 0 Å². The van der Waals surface area contributed by atoms with Gasteiger partial charge in [0.15, 0.2) is 5.58 Å². The van der Waals surface area contributed by atoms with Gasteiger partial charge in [-0.25, -0.2) is 0 Å². The molecule has 0 fully saturated rings. The number of nitrogens with one attached hydrogen (secondary N) is 1. The van der Waals surface area contributed by atoms with E-state index in [9.17, 15) is 4.79 Å². The van der Waals surface area contributed by atoms with E-state index in [1.807, 2.05) is 45.0 Å². The molecule has 20 heavy (non-hydrogen) atoms. The van der Waals surface area contributed by atoms with Crippen LogP contribution in [0.1, 0.15) is 26.5 Å². The average Bonchev–Trinajstić information content (AvgIpc) is 2.82. The predicted molar refractivity (Wildman–Crippen MR) is 78.2 cm³/mol. The first-order valence-corrected chi connectivity index (χ1v) is 6.80. The highest BCUT2D eigenvalue weighted by Crippen LogP contribution is 2.19. The number of hydrogen-bond acceptors (Lipinski definition) is 4. The van der Waals surface area contributed by atoms with Crippen LogP contribution in [0.5, 0.6) is 0 Å². The summed E-state index contributed by atoms with van der Waals surface area (Å²) in [4.78, 5) is 12.2. The molecule has 1 atom stereocenters. The van der Waals surface area contributed by atoms with Crippen molar-refractivity contribution in [3.63, 3.8) is 0 Å². The lowest BCUT2D eigenvalue weighted by Gasteiger charge is -2.33. The van der Waals surface area contributed by atoms with Crippen molar-refractivity contribution in [2.24, 2.45) is 11.7 Å². The van der Waals surface area contributed by atoms with Crippen LogP contribution in [-0.4, -0.2) is 23.1 Å². The summed E-state index contributed by atoms with van der Waals surface area (Å²) < 4.78 is 5.20. The standard InChI is InChI=1S/C15H21N3O2/c1-10(2)15(3,9-16)17-14(19)8-12-11-6-4-5-7-13(11)20-18-12/h4-7,10H,8-9,16H2,1-3H3,(H,17,19). The topological polar surface area (TPSA) is 81.1 Å². The Balaban J connectivity index is 2.12. The van der Waals surface area contributed by atoms with Gasteiger partial charge in [0.1, 0.15) is 5.69 Å². The minimum Gasteiger partial charge on any atom is -0.356 e. The van der Waals surface area contributed by atoms with Gasteiger partial charge in [0.25, 0.3) is 0 Å². The second-order valence-corrected chi connectivity index (χ2v) is 5.63. The largest absolute Gasteiger partial charge is 0.356 e. The Hall–Kier alpha value is -1.88.